The maximum atomic E-state index is 13.2. The highest BCUT2D eigenvalue weighted by atomic mass is 32.2. The number of benzene rings is 1. The number of rotatable bonds is 3. The molecule has 9 heteroatoms. The fourth-order valence-corrected chi connectivity index (χ4v) is 5.29. The van der Waals surface area contributed by atoms with Crippen LogP contribution >= 0.6 is 11.8 Å². The summed E-state index contributed by atoms with van der Waals surface area (Å²) < 4.78 is 0. The molecule has 1 atom stereocenters. The van der Waals surface area contributed by atoms with Crippen LogP contribution < -0.4 is 10.2 Å². The standard InChI is InChI=1S/C22H15N5O3S.C2H6/c28-17-7-6-14(21(29)26-17)27-20-18-11(3-1-4-13(18)22(27)30)15(10-25-20)31-16-9-24-19-12(16)5-2-8-23-19;1-2/h1-5,8-10,14H,6-7H2,(H,23,24)(H,26,28,29);1-2H3. The van der Waals surface area contributed by atoms with E-state index in [9.17, 15) is 14.4 Å². The molecule has 5 heterocycles. The molecule has 2 N–H and O–H groups in total. The molecule has 1 unspecified atom stereocenters. The number of nitrogens with zero attached hydrogens (tertiary/aromatic N) is 3. The molecular weight excluding hydrogens is 438 g/mol. The second-order valence-electron chi connectivity index (χ2n) is 7.47. The molecule has 1 saturated heterocycles. The van der Waals surface area contributed by atoms with E-state index in [4.69, 9.17) is 0 Å². The zero-order valence-electron chi connectivity index (χ0n) is 18.1. The van der Waals surface area contributed by atoms with Gasteiger partial charge in [-0.25, -0.2) is 9.97 Å². The van der Waals surface area contributed by atoms with Crippen molar-refractivity contribution in [1.82, 2.24) is 20.3 Å². The first kappa shape index (κ1) is 21.1. The lowest BCUT2D eigenvalue weighted by Gasteiger charge is -2.29. The number of aromatic amines is 1. The van der Waals surface area contributed by atoms with Crippen LogP contribution in [0.25, 0.3) is 21.8 Å². The van der Waals surface area contributed by atoms with Gasteiger partial charge in [-0.05, 0) is 24.6 Å². The molecule has 0 aliphatic carbocycles. The molecule has 1 aromatic carbocycles. The van der Waals surface area contributed by atoms with Crippen molar-refractivity contribution in [2.45, 2.75) is 42.5 Å². The summed E-state index contributed by atoms with van der Waals surface area (Å²) >= 11 is 1.55. The minimum absolute atomic E-state index is 0.197. The molecule has 1 fully saturated rings. The highest BCUT2D eigenvalue weighted by molar-refractivity contribution is 7.99. The Balaban J connectivity index is 0.00000111. The minimum Gasteiger partial charge on any atom is -0.345 e. The van der Waals surface area contributed by atoms with Crippen LogP contribution in [0.4, 0.5) is 5.82 Å². The van der Waals surface area contributed by atoms with Gasteiger partial charge < -0.3 is 4.98 Å². The van der Waals surface area contributed by atoms with Gasteiger partial charge in [-0.3, -0.25) is 24.6 Å². The Bertz CT molecular complexity index is 1430. The molecule has 8 nitrogen and oxygen atoms in total. The zero-order chi connectivity index (χ0) is 23.1. The quantitative estimate of drug-likeness (QED) is 0.448. The molecule has 0 radical (unpaired) electrons. The van der Waals surface area contributed by atoms with E-state index < -0.39 is 11.9 Å². The summed E-state index contributed by atoms with van der Waals surface area (Å²) in [7, 11) is 0. The van der Waals surface area contributed by atoms with Crippen molar-refractivity contribution in [3.63, 3.8) is 0 Å². The van der Waals surface area contributed by atoms with E-state index in [1.807, 2.05) is 44.3 Å². The summed E-state index contributed by atoms with van der Waals surface area (Å²) in [6.07, 6.45) is 5.86. The van der Waals surface area contributed by atoms with Crippen molar-refractivity contribution in [2.75, 3.05) is 4.90 Å². The second-order valence-corrected chi connectivity index (χ2v) is 8.55. The van der Waals surface area contributed by atoms with Gasteiger partial charge >= 0.3 is 0 Å². The first-order valence-electron chi connectivity index (χ1n) is 10.8. The lowest BCUT2D eigenvalue weighted by atomic mass is 10.0. The fourth-order valence-electron chi connectivity index (χ4n) is 4.27. The van der Waals surface area contributed by atoms with Gasteiger partial charge in [0.1, 0.15) is 17.5 Å². The molecule has 0 saturated carbocycles. The number of fused-ring (bicyclic) bond motifs is 1. The zero-order valence-corrected chi connectivity index (χ0v) is 18.9. The van der Waals surface area contributed by atoms with Crippen molar-refractivity contribution in [2.24, 2.45) is 0 Å². The number of hydrogen-bond acceptors (Lipinski definition) is 6. The van der Waals surface area contributed by atoms with Gasteiger partial charge in [0.05, 0.1) is 5.56 Å². The van der Waals surface area contributed by atoms with Crippen LogP contribution in [0.15, 0.2) is 58.7 Å². The number of aromatic nitrogens is 3. The van der Waals surface area contributed by atoms with Gasteiger partial charge in [0, 0.05) is 51.0 Å². The molecule has 3 amide bonds. The van der Waals surface area contributed by atoms with Crippen LogP contribution in [0, 0.1) is 0 Å². The van der Waals surface area contributed by atoms with E-state index in [2.05, 4.69) is 20.3 Å². The molecule has 166 valence electrons. The van der Waals surface area contributed by atoms with E-state index >= 15 is 0 Å². The second kappa shape index (κ2) is 8.32. The third kappa shape index (κ3) is 3.36. The number of imide groups is 1. The summed E-state index contributed by atoms with van der Waals surface area (Å²) in [5.74, 6) is -0.573. The third-order valence-electron chi connectivity index (χ3n) is 5.69. The number of nitrogens with one attached hydrogen (secondary N) is 2. The number of amides is 3. The maximum absolute atomic E-state index is 13.2. The van der Waals surface area contributed by atoms with Crippen LogP contribution in [0.5, 0.6) is 0 Å². The average Bonchev–Trinajstić information content (AvgIpc) is 3.37. The number of anilines is 1. The Hall–Kier alpha value is -3.72. The molecule has 4 aromatic rings. The smallest absolute Gasteiger partial charge is 0.260 e. The Morgan fingerprint density at radius 3 is 2.67 bits per heavy atom. The van der Waals surface area contributed by atoms with Gasteiger partial charge in [-0.1, -0.05) is 37.7 Å². The Morgan fingerprint density at radius 1 is 1.03 bits per heavy atom. The summed E-state index contributed by atoms with van der Waals surface area (Å²) in [6.45, 7) is 4.00. The Kier molecular flexibility index (Phi) is 5.33. The molecule has 2 aliphatic rings. The van der Waals surface area contributed by atoms with Gasteiger partial charge in [-0.2, -0.15) is 0 Å². The van der Waals surface area contributed by atoms with Gasteiger partial charge in [0.25, 0.3) is 5.91 Å². The van der Waals surface area contributed by atoms with Crippen molar-refractivity contribution in [3.8, 4) is 0 Å². The molecular formula is C24H21N5O3S. The Labute approximate surface area is 193 Å². The molecule has 0 spiro atoms. The average molecular weight is 460 g/mol. The molecule has 6 rings (SSSR count). The van der Waals surface area contributed by atoms with Crippen LogP contribution in [0.1, 0.15) is 37.0 Å². The van der Waals surface area contributed by atoms with Crippen LogP contribution in [-0.4, -0.2) is 38.7 Å². The van der Waals surface area contributed by atoms with Gasteiger partial charge in [0.2, 0.25) is 11.8 Å². The summed E-state index contributed by atoms with van der Waals surface area (Å²) in [5.41, 5.74) is 1.33. The van der Waals surface area contributed by atoms with Crippen LogP contribution in [-0.2, 0) is 9.59 Å². The fraction of sp³-hybridized carbons (Fsp3) is 0.208. The van der Waals surface area contributed by atoms with E-state index in [1.54, 1.807) is 30.2 Å². The summed E-state index contributed by atoms with van der Waals surface area (Å²) in [6, 6.07) is 8.71. The van der Waals surface area contributed by atoms with Crippen LogP contribution in [0.2, 0.25) is 0 Å². The van der Waals surface area contributed by atoms with Crippen molar-refractivity contribution in [3.05, 3.63) is 54.5 Å². The summed E-state index contributed by atoms with van der Waals surface area (Å²) in [4.78, 5) is 52.6. The Morgan fingerprint density at radius 2 is 1.85 bits per heavy atom. The van der Waals surface area contributed by atoms with Gasteiger partial charge in [-0.15, -0.1) is 0 Å². The van der Waals surface area contributed by atoms with Crippen molar-refractivity contribution < 1.29 is 14.4 Å². The van der Waals surface area contributed by atoms with E-state index in [1.165, 1.54) is 4.90 Å². The van der Waals surface area contributed by atoms with E-state index in [0.29, 0.717) is 11.4 Å². The molecule has 2 aliphatic heterocycles. The molecule has 33 heavy (non-hydrogen) atoms. The van der Waals surface area contributed by atoms with Gasteiger partial charge in [0.15, 0.2) is 0 Å². The van der Waals surface area contributed by atoms with Crippen molar-refractivity contribution >= 4 is 57.1 Å². The predicted octanol–water partition coefficient (Wildman–Crippen LogP) is 4.05. The number of H-pyrrole nitrogens is 1. The third-order valence-corrected chi connectivity index (χ3v) is 6.79. The molecule has 0 bridgehead atoms. The molecule has 3 aromatic heterocycles. The number of carbonyl (C=O) groups excluding carboxylic acids is 3. The summed E-state index contributed by atoms with van der Waals surface area (Å²) in [5, 5.41) is 4.98. The topological polar surface area (TPSA) is 108 Å². The van der Waals surface area contributed by atoms with Crippen LogP contribution in [0.3, 0.4) is 0 Å². The monoisotopic (exact) mass is 459 g/mol. The first-order chi connectivity index (χ1) is 16.1. The normalized spacial score (nSPS) is 17.3. The highest BCUT2D eigenvalue weighted by Gasteiger charge is 2.41. The highest BCUT2D eigenvalue weighted by Crippen LogP contribution is 2.43. The first-order valence-corrected chi connectivity index (χ1v) is 11.6. The predicted molar refractivity (Wildman–Crippen MR) is 126 cm³/mol. The lowest BCUT2D eigenvalue weighted by Crippen LogP contribution is -2.53. The van der Waals surface area contributed by atoms with E-state index in [-0.39, 0.29) is 24.7 Å². The lowest BCUT2D eigenvalue weighted by molar-refractivity contribution is -0.134. The minimum atomic E-state index is -0.744. The van der Waals surface area contributed by atoms with E-state index in [0.717, 1.165) is 31.6 Å². The number of carbonyl (C=O) groups is 3. The SMILES string of the molecule is CC.O=C1CCC(N2C(=O)c3cccc4c(Sc5c[nH]c6ncccc56)cnc2c34)C(=O)N1. The number of pyridine rings is 2. The largest absolute Gasteiger partial charge is 0.345 e. The number of piperidine rings is 1. The number of hydrogen-bond donors (Lipinski definition) is 2. The van der Waals surface area contributed by atoms with Crippen molar-refractivity contribution in [1.29, 1.82) is 0 Å². The maximum Gasteiger partial charge on any atom is 0.260 e.